The van der Waals surface area contributed by atoms with Crippen LogP contribution in [0.25, 0.3) is 0 Å². The minimum absolute atomic E-state index is 0.00111. The number of aryl methyl sites for hydroxylation is 1. The fraction of sp³-hybridized carbons (Fsp3) is 0.294. The van der Waals surface area contributed by atoms with Gasteiger partial charge in [-0.3, -0.25) is 0 Å². The van der Waals surface area contributed by atoms with Crippen molar-refractivity contribution in [3.63, 3.8) is 0 Å². The van der Waals surface area contributed by atoms with Gasteiger partial charge in [0, 0.05) is 26.7 Å². The van der Waals surface area contributed by atoms with Crippen molar-refractivity contribution in [3.05, 3.63) is 63.9 Å². The minimum Gasteiger partial charge on any atom is -0.309 e. The third-order valence-electron chi connectivity index (χ3n) is 3.22. The maximum atomic E-state index is 14.1. The first-order valence-corrected chi connectivity index (χ1v) is 8.76. The highest BCUT2D eigenvalue weighted by Gasteiger charge is 2.15. The van der Waals surface area contributed by atoms with Gasteiger partial charge in [0.2, 0.25) is 0 Å². The Hall–Kier alpha value is -0.840. The summed E-state index contributed by atoms with van der Waals surface area (Å²) >= 11 is 5.16. The molecule has 1 nitrogen and oxygen atoms in total. The second-order valence-electron chi connectivity index (χ2n) is 4.90. The number of benzene rings is 2. The standard InChI is InChI=1S/C17H19BrFNS/c1-3-20-17(15-10-13(18)6-9-16(15)19)11-21-14-7-4-12(2)5-8-14/h4-10,17,20H,3,11H2,1-2H3. The summed E-state index contributed by atoms with van der Waals surface area (Å²) in [6.45, 7) is 4.93. The van der Waals surface area contributed by atoms with E-state index in [4.69, 9.17) is 0 Å². The van der Waals surface area contributed by atoms with E-state index in [1.165, 1.54) is 16.5 Å². The van der Waals surface area contributed by atoms with E-state index in [9.17, 15) is 4.39 Å². The van der Waals surface area contributed by atoms with E-state index in [-0.39, 0.29) is 11.9 Å². The van der Waals surface area contributed by atoms with Gasteiger partial charge in [0.25, 0.3) is 0 Å². The molecule has 0 amide bonds. The van der Waals surface area contributed by atoms with Gasteiger partial charge in [-0.05, 0) is 43.8 Å². The summed E-state index contributed by atoms with van der Waals surface area (Å²) in [7, 11) is 0. The molecule has 112 valence electrons. The van der Waals surface area contributed by atoms with Crippen LogP contribution in [0.15, 0.2) is 51.8 Å². The average molecular weight is 368 g/mol. The molecular formula is C17H19BrFNS. The van der Waals surface area contributed by atoms with Gasteiger partial charge in [-0.25, -0.2) is 4.39 Å². The summed E-state index contributed by atoms with van der Waals surface area (Å²) in [4.78, 5) is 1.21. The molecule has 0 saturated carbocycles. The van der Waals surface area contributed by atoms with Crippen LogP contribution in [0.3, 0.4) is 0 Å². The summed E-state index contributed by atoms with van der Waals surface area (Å²) in [6.07, 6.45) is 0. The maximum Gasteiger partial charge on any atom is 0.128 e. The van der Waals surface area contributed by atoms with Gasteiger partial charge in [-0.2, -0.15) is 0 Å². The molecule has 21 heavy (non-hydrogen) atoms. The van der Waals surface area contributed by atoms with Gasteiger partial charge in [0.15, 0.2) is 0 Å². The number of thioether (sulfide) groups is 1. The number of halogens is 2. The molecule has 0 spiro atoms. The first-order chi connectivity index (χ1) is 10.1. The lowest BCUT2D eigenvalue weighted by Gasteiger charge is -2.19. The van der Waals surface area contributed by atoms with E-state index in [1.807, 2.05) is 13.0 Å². The number of hydrogen-bond donors (Lipinski definition) is 1. The lowest BCUT2D eigenvalue weighted by atomic mass is 10.1. The first-order valence-electron chi connectivity index (χ1n) is 6.98. The quantitative estimate of drug-likeness (QED) is 0.691. The molecule has 0 saturated heterocycles. The van der Waals surface area contributed by atoms with Crippen molar-refractivity contribution in [1.82, 2.24) is 5.32 Å². The largest absolute Gasteiger partial charge is 0.309 e. The number of hydrogen-bond acceptors (Lipinski definition) is 2. The zero-order valence-electron chi connectivity index (χ0n) is 12.2. The van der Waals surface area contributed by atoms with Gasteiger partial charge in [0.05, 0.1) is 0 Å². The molecule has 0 heterocycles. The maximum absolute atomic E-state index is 14.1. The van der Waals surface area contributed by atoms with Crippen LogP contribution in [0.1, 0.15) is 24.1 Å². The van der Waals surface area contributed by atoms with Crippen molar-refractivity contribution in [1.29, 1.82) is 0 Å². The van der Waals surface area contributed by atoms with Crippen LogP contribution >= 0.6 is 27.7 Å². The Bertz CT molecular complexity index is 586. The van der Waals surface area contributed by atoms with Crippen LogP contribution in [0, 0.1) is 12.7 Å². The molecule has 0 aromatic heterocycles. The molecule has 4 heteroatoms. The highest BCUT2D eigenvalue weighted by atomic mass is 79.9. The van der Waals surface area contributed by atoms with E-state index in [0.717, 1.165) is 16.8 Å². The van der Waals surface area contributed by atoms with Crippen molar-refractivity contribution < 1.29 is 4.39 Å². The fourth-order valence-electron chi connectivity index (χ4n) is 2.10. The average Bonchev–Trinajstić information content (AvgIpc) is 2.48. The van der Waals surface area contributed by atoms with Gasteiger partial charge >= 0.3 is 0 Å². The van der Waals surface area contributed by atoms with Gasteiger partial charge in [0.1, 0.15) is 5.82 Å². The lowest BCUT2D eigenvalue weighted by Crippen LogP contribution is -2.24. The highest BCUT2D eigenvalue weighted by Crippen LogP contribution is 2.28. The Morgan fingerprint density at radius 3 is 2.57 bits per heavy atom. The number of nitrogens with one attached hydrogen (secondary N) is 1. The van der Waals surface area contributed by atoms with E-state index in [1.54, 1.807) is 17.8 Å². The SMILES string of the molecule is CCNC(CSc1ccc(C)cc1)c1cc(Br)ccc1F. The summed E-state index contributed by atoms with van der Waals surface area (Å²) in [5, 5.41) is 3.37. The molecule has 2 aromatic rings. The Balaban J connectivity index is 2.11. The predicted octanol–water partition coefficient (Wildman–Crippen LogP) is 5.34. The molecule has 0 bridgehead atoms. The molecule has 2 aromatic carbocycles. The Morgan fingerprint density at radius 1 is 1.19 bits per heavy atom. The monoisotopic (exact) mass is 367 g/mol. The molecule has 1 unspecified atom stereocenters. The van der Waals surface area contributed by atoms with Crippen molar-refractivity contribution in [2.24, 2.45) is 0 Å². The third kappa shape index (κ3) is 4.83. The molecule has 1 atom stereocenters. The van der Waals surface area contributed by atoms with Crippen molar-refractivity contribution in [2.45, 2.75) is 24.8 Å². The molecule has 0 fully saturated rings. The topological polar surface area (TPSA) is 12.0 Å². The van der Waals surface area contributed by atoms with Crippen molar-refractivity contribution in [2.75, 3.05) is 12.3 Å². The van der Waals surface area contributed by atoms with Crippen LogP contribution in [-0.4, -0.2) is 12.3 Å². The zero-order valence-corrected chi connectivity index (χ0v) is 14.6. The van der Waals surface area contributed by atoms with Gasteiger partial charge in [-0.15, -0.1) is 11.8 Å². The zero-order chi connectivity index (χ0) is 15.2. The highest BCUT2D eigenvalue weighted by molar-refractivity contribution is 9.10. The van der Waals surface area contributed by atoms with Crippen LogP contribution in [0.5, 0.6) is 0 Å². The normalized spacial score (nSPS) is 12.4. The van der Waals surface area contributed by atoms with E-state index in [2.05, 4.69) is 52.4 Å². The van der Waals surface area contributed by atoms with E-state index >= 15 is 0 Å². The molecular weight excluding hydrogens is 349 g/mol. The predicted molar refractivity (Wildman–Crippen MR) is 92.4 cm³/mol. The lowest BCUT2D eigenvalue weighted by molar-refractivity contribution is 0.545. The summed E-state index contributed by atoms with van der Waals surface area (Å²) < 4.78 is 15.0. The summed E-state index contributed by atoms with van der Waals surface area (Å²) in [6, 6.07) is 13.5. The Morgan fingerprint density at radius 2 is 1.90 bits per heavy atom. The number of rotatable bonds is 6. The van der Waals surface area contributed by atoms with Crippen molar-refractivity contribution >= 4 is 27.7 Å². The van der Waals surface area contributed by atoms with Crippen LogP contribution in [0.4, 0.5) is 4.39 Å². The molecule has 2 rings (SSSR count). The summed E-state index contributed by atoms with van der Waals surface area (Å²) in [5.41, 5.74) is 1.96. The first kappa shape index (κ1) is 16.5. The van der Waals surface area contributed by atoms with E-state index < -0.39 is 0 Å². The Labute approximate surface area is 138 Å². The second-order valence-corrected chi connectivity index (χ2v) is 6.91. The Kier molecular flexibility index (Phi) is 6.27. The smallest absolute Gasteiger partial charge is 0.128 e. The van der Waals surface area contributed by atoms with Crippen molar-refractivity contribution in [3.8, 4) is 0 Å². The van der Waals surface area contributed by atoms with E-state index in [0.29, 0.717) is 5.56 Å². The minimum atomic E-state index is -0.159. The molecule has 0 aliphatic carbocycles. The van der Waals surface area contributed by atoms with Gasteiger partial charge in [-0.1, -0.05) is 40.5 Å². The van der Waals surface area contributed by atoms with Gasteiger partial charge < -0.3 is 5.32 Å². The second kappa shape index (κ2) is 7.97. The molecule has 0 aliphatic heterocycles. The fourth-order valence-corrected chi connectivity index (χ4v) is 3.46. The van der Waals surface area contributed by atoms with Crippen LogP contribution < -0.4 is 5.32 Å². The molecule has 1 N–H and O–H groups in total. The third-order valence-corrected chi connectivity index (χ3v) is 4.82. The van der Waals surface area contributed by atoms with Crippen LogP contribution in [0.2, 0.25) is 0 Å². The molecule has 0 aliphatic rings. The molecule has 0 radical (unpaired) electrons. The van der Waals surface area contributed by atoms with Crippen LogP contribution in [-0.2, 0) is 0 Å². The summed E-state index contributed by atoms with van der Waals surface area (Å²) in [5.74, 6) is 0.637.